The molecule has 0 bridgehead atoms. The molecule has 1 saturated heterocycles. The van der Waals surface area contributed by atoms with Gasteiger partial charge < -0.3 is 43.0 Å². The molecule has 10 nitrogen and oxygen atoms in total. The maximum Gasteiger partial charge on any atom is 0.344 e. The maximum atomic E-state index is 13.0. The Bertz CT molecular complexity index is 2550. The van der Waals surface area contributed by atoms with Crippen LogP contribution in [-0.2, 0) is 83.8 Å². The van der Waals surface area contributed by atoms with Crippen LogP contribution in [0.15, 0.2) is 170 Å². The number of unbranched alkanes of at least 4 members (excludes halogenated alkanes) is 2. The van der Waals surface area contributed by atoms with Crippen LogP contribution in [0, 0.1) is 17.8 Å². The molecule has 0 amide bonds. The second-order valence-corrected chi connectivity index (χ2v) is 20.3. The van der Waals surface area contributed by atoms with E-state index in [-0.39, 0.29) is 43.7 Å². The molecule has 9 rings (SSSR count). The Morgan fingerprint density at radius 2 is 1.16 bits per heavy atom. The second-order valence-electron chi connectivity index (χ2n) is 20.3. The van der Waals surface area contributed by atoms with Gasteiger partial charge in [-0.2, -0.15) is 0 Å². The first-order valence-corrected chi connectivity index (χ1v) is 27.0. The number of fused-ring (bicyclic) bond motifs is 2. The molecule has 1 aliphatic heterocycles. The van der Waals surface area contributed by atoms with Crippen LogP contribution >= 0.6 is 0 Å². The Morgan fingerprint density at radius 1 is 0.608 bits per heavy atom. The molecule has 1 N–H and O–H groups in total. The Balaban J connectivity index is 1.01. The van der Waals surface area contributed by atoms with Crippen LogP contribution in [0.3, 0.4) is 0 Å². The highest BCUT2D eigenvalue weighted by Crippen LogP contribution is 2.50. The molecule has 6 aromatic rings. The summed E-state index contributed by atoms with van der Waals surface area (Å²) in [5, 5.41) is 11.4. The summed E-state index contributed by atoms with van der Waals surface area (Å²) in [5.41, 5.74) is 7.42. The molecular formula is C64H74O10. The average Bonchev–Trinajstić information content (AvgIpc) is 3.78. The van der Waals surface area contributed by atoms with Gasteiger partial charge in [-0.1, -0.05) is 190 Å². The Kier molecular flexibility index (Phi) is 19.9. The largest absolute Gasteiger partial charge is 0.482 e. The fourth-order valence-electron chi connectivity index (χ4n) is 11.2. The first-order chi connectivity index (χ1) is 36.5. The van der Waals surface area contributed by atoms with Gasteiger partial charge in [0.1, 0.15) is 36.8 Å². The molecule has 2 aliphatic carbocycles. The van der Waals surface area contributed by atoms with Crippen molar-refractivity contribution >= 4 is 5.97 Å². The molecule has 3 aliphatic rings. The highest BCUT2D eigenvalue weighted by Gasteiger charge is 2.53. The summed E-state index contributed by atoms with van der Waals surface area (Å²) in [6, 6.07) is 56.6. The summed E-state index contributed by atoms with van der Waals surface area (Å²) < 4.78 is 54.3. The highest BCUT2D eigenvalue weighted by atomic mass is 16.7. The minimum Gasteiger partial charge on any atom is -0.482 e. The van der Waals surface area contributed by atoms with Crippen LogP contribution in [0.1, 0.15) is 90.8 Å². The predicted molar refractivity (Wildman–Crippen MR) is 285 cm³/mol. The van der Waals surface area contributed by atoms with Gasteiger partial charge >= 0.3 is 5.97 Å². The lowest BCUT2D eigenvalue weighted by molar-refractivity contribution is -0.338. The number of hydrogen-bond acceptors (Lipinski definition) is 10. The molecular weight excluding hydrogens is 929 g/mol. The van der Waals surface area contributed by atoms with Crippen molar-refractivity contribution < 1.29 is 47.8 Å². The number of benzene rings is 6. The summed E-state index contributed by atoms with van der Waals surface area (Å²) in [6.45, 7) is 3.81. The molecule has 0 radical (unpaired) electrons. The van der Waals surface area contributed by atoms with Crippen molar-refractivity contribution in [3.63, 3.8) is 0 Å². The zero-order valence-corrected chi connectivity index (χ0v) is 42.9. The van der Waals surface area contributed by atoms with Crippen molar-refractivity contribution in [2.75, 3.05) is 13.2 Å². The minimum atomic E-state index is -0.855. The van der Waals surface area contributed by atoms with Gasteiger partial charge in [0.05, 0.1) is 45.2 Å². The maximum absolute atomic E-state index is 13.0. The number of rotatable bonds is 27. The summed E-state index contributed by atoms with van der Waals surface area (Å²) in [5.74, 6) is 0.965. The third-order valence-electron chi connectivity index (χ3n) is 15.0. The summed E-state index contributed by atoms with van der Waals surface area (Å²) in [6.07, 6.45) is 3.89. The van der Waals surface area contributed by atoms with E-state index in [4.69, 9.17) is 37.9 Å². The van der Waals surface area contributed by atoms with Crippen molar-refractivity contribution in [1.29, 1.82) is 0 Å². The standard InChI is InChI=1S/C64H74O10/c1-2-3-9-32-53(65)34-35-54-55-36-51-31-20-33-57(68-45-60(66)69-40-47-23-12-5-13-24-47)56(51)37-52(55)38-58(54)73-64-63(72-43-50-29-18-8-19-30-50)62(71-42-49-27-16-7-17-28-49)61(70-41-48-25-14-6-15-26-48)59(74-64)44-67-39-46-21-10-4-11-22-46/h4-8,10-31,33,52-55,58-59,61-65H,2-3,9,32,34-45H2,1H3/t52-,53-,54+,55-,58+,59-,61-,62+,63-,64?/m1/s1. The van der Waals surface area contributed by atoms with Crippen LogP contribution < -0.4 is 4.74 Å². The Morgan fingerprint density at radius 3 is 1.76 bits per heavy atom. The van der Waals surface area contributed by atoms with Crippen molar-refractivity contribution in [2.24, 2.45) is 17.8 Å². The summed E-state index contributed by atoms with van der Waals surface area (Å²) in [7, 11) is 0. The van der Waals surface area contributed by atoms with Crippen LogP contribution in [-0.4, -0.2) is 67.2 Å². The molecule has 1 saturated carbocycles. The monoisotopic (exact) mass is 1000 g/mol. The average molecular weight is 1000 g/mol. The zero-order valence-electron chi connectivity index (χ0n) is 42.9. The van der Waals surface area contributed by atoms with Crippen LogP contribution in [0.5, 0.6) is 5.75 Å². The van der Waals surface area contributed by atoms with E-state index in [1.807, 2.05) is 115 Å². The summed E-state index contributed by atoms with van der Waals surface area (Å²) in [4.78, 5) is 13.0. The van der Waals surface area contributed by atoms with E-state index < -0.39 is 42.8 Å². The van der Waals surface area contributed by atoms with Gasteiger partial charge in [0.25, 0.3) is 0 Å². The molecule has 10 heteroatoms. The highest BCUT2D eigenvalue weighted by molar-refractivity contribution is 5.71. The number of hydrogen-bond donors (Lipinski definition) is 1. The van der Waals surface area contributed by atoms with Crippen LogP contribution in [0.25, 0.3) is 0 Å². The lowest BCUT2D eigenvalue weighted by Crippen LogP contribution is -2.62. The normalized spacial score (nSPS) is 23.6. The van der Waals surface area contributed by atoms with Gasteiger partial charge in [-0.25, -0.2) is 4.79 Å². The molecule has 10 atom stereocenters. The molecule has 390 valence electrons. The van der Waals surface area contributed by atoms with Gasteiger partial charge in [0.15, 0.2) is 12.9 Å². The van der Waals surface area contributed by atoms with E-state index in [1.165, 1.54) is 5.56 Å². The number of aliphatic hydroxyl groups is 1. The number of aliphatic hydroxyl groups excluding tert-OH is 1. The molecule has 6 aromatic carbocycles. The number of esters is 1. The zero-order chi connectivity index (χ0) is 50.7. The third-order valence-corrected chi connectivity index (χ3v) is 15.0. The van der Waals surface area contributed by atoms with Gasteiger partial charge in [0.2, 0.25) is 0 Å². The molecule has 1 heterocycles. The fraction of sp³-hybridized carbons (Fsp3) is 0.422. The Labute approximate surface area is 438 Å². The molecule has 2 fully saturated rings. The molecule has 0 aromatic heterocycles. The first-order valence-electron chi connectivity index (χ1n) is 27.0. The van der Waals surface area contributed by atoms with E-state index in [1.54, 1.807) is 0 Å². The van der Waals surface area contributed by atoms with Crippen molar-refractivity contribution in [3.05, 3.63) is 209 Å². The van der Waals surface area contributed by atoms with E-state index in [0.717, 1.165) is 84.7 Å². The quantitative estimate of drug-likeness (QED) is 0.0395. The Hall–Kier alpha value is -5.69. The number of carbonyl (C=O) groups is 1. The van der Waals surface area contributed by atoms with Gasteiger partial charge in [-0.3, -0.25) is 0 Å². The predicted octanol–water partition coefficient (Wildman–Crippen LogP) is 12.0. The third kappa shape index (κ3) is 15.0. The van der Waals surface area contributed by atoms with Crippen molar-refractivity contribution in [2.45, 2.75) is 141 Å². The van der Waals surface area contributed by atoms with Gasteiger partial charge in [-0.15, -0.1) is 0 Å². The first kappa shape index (κ1) is 53.1. The topological polar surface area (TPSA) is 111 Å². The lowest BCUT2D eigenvalue weighted by atomic mass is 9.73. The molecule has 1 unspecified atom stereocenters. The fourth-order valence-corrected chi connectivity index (χ4v) is 11.2. The van der Waals surface area contributed by atoms with Gasteiger partial charge in [0, 0.05) is 0 Å². The summed E-state index contributed by atoms with van der Waals surface area (Å²) >= 11 is 0. The second kappa shape index (κ2) is 27.7. The smallest absolute Gasteiger partial charge is 0.344 e. The number of carbonyl (C=O) groups excluding carboxylic acids is 1. The number of ether oxygens (including phenoxy) is 8. The van der Waals surface area contributed by atoms with Crippen molar-refractivity contribution in [3.8, 4) is 5.75 Å². The molecule has 0 spiro atoms. The lowest BCUT2D eigenvalue weighted by Gasteiger charge is -2.47. The molecule has 74 heavy (non-hydrogen) atoms. The van der Waals surface area contributed by atoms with Gasteiger partial charge in [-0.05, 0) is 101 Å². The SMILES string of the molecule is CCCCC[C@@H](O)CC[C@H]1[C@@H]2Cc3cccc(OCC(=O)OCc4ccccc4)c3C[C@@H]2C[C@@H]1OC1O[C@H](COCc2ccccc2)[C@@H](OCc2ccccc2)[C@H](OCc2ccccc2)[C@H]1OCc1ccccc1. The van der Waals surface area contributed by atoms with E-state index in [2.05, 4.69) is 61.5 Å². The van der Waals surface area contributed by atoms with E-state index >= 15 is 0 Å². The van der Waals surface area contributed by atoms with Crippen LogP contribution in [0.2, 0.25) is 0 Å². The van der Waals surface area contributed by atoms with Crippen molar-refractivity contribution in [1.82, 2.24) is 0 Å². The van der Waals surface area contributed by atoms with E-state index in [9.17, 15) is 9.90 Å². The van der Waals surface area contributed by atoms with Crippen LogP contribution in [0.4, 0.5) is 0 Å². The van der Waals surface area contributed by atoms with E-state index in [0.29, 0.717) is 38.6 Å². The minimum absolute atomic E-state index is 0.119.